The normalized spacial score (nSPS) is 19.7. The van der Waals surface area contributed by atoms with Crippen LogP contribution in [-0.4, -0.2) is 46.5 Å². The van der Waals surface area contributed by atoms with Gasteiger partial charge in [0.15, 0.2) is 0 Å². The van der Waals surface area contributed by atoms with Crippen LogP contribution in [0.4, 0.5) is 5.69 Å². The highest BCUT2D eigenvalue weighted by molar-refractivity contribution is 7.92. The number of amides is 1. The van der Waals surface area contributed by atoms with E-state index in [1.54, 1.807) is 43.5 Å². The van der Waals surface area contributed by atoms with Crippen LogP contribution < -0.4 is 9.04 Å². The third-order valence-electron chi connectivity index (χ3n) is 5.33. The number of rotatable bonds is 5. The second-order valence-electron chi connectivity index (χ2n) is 7.85. The molecule has 1 fully saturated rings. The van der Waals surface area contributed by atoms with E-state index in [0.717, 1.165) is 6.42 Å². The first-order chi connectivity index (χ1) is 13.7. The Morgan fingerprint density at radius 2 is 1.69 bits per heavy atom. The van der Waals surface area contributed by atoms with E-state index < -0.39 is 10.0 Å². The van der Waals surface area contributed by atoms with E-state index in [9.17, 15) is 13.2 Å². The zero-order valence-electron chi connectivity index (χ0n) is 17.3. The molecule has 2 atom stereocenters. The van der Waals surface area contributed by atoms with Crippen molar-refractivity contribution in [3.8, 4) is 5.75 Å². The van der Waals surface area contributed by atoms with Crippen molar-refractivity contribution in [2.45, 2.75) is 25.2 Å². The summed E-state index contributed by atoms with van der Waals surface area (Å²) in [7, 11) is -0.741. The van der Waals surface area contributed by atoms with Crippen LogP contribution in [-0.2, 0) is 10.0 Å². The molecule has 0 N–H and O–H groups in total. The van der Waals surface area contributed by atoms with E-state index in [0.29, 0.717) is 41.9 Å². The lowest BCUT2D eigenvalue weighted by atomic mass is 9.91. The Morgan fingerprint density at radius 1 is 1.07 bits per heavy atom. The number of likely N-dealkylation sites (tertiary alicyclic amines) is 1. The largest absolute Gasteiger partial charge is 0.497 e. The Kier molecular flexibility index (Phi) is 6.17. The van der Waals surface area contributed by atoms with Gasteiger partial charge in [-0.3, -0.25) is 9.10 Å². The fraction of sp³-hybridized carbons (Fsp3) is 0.409. The van der Waals surface area contributed by atoms with Crippen molar-refractivity contribution < 1.29 is 17.9 Å². The molecule has 0 aromatic heterocycles. The number of hydrogen-bond acceptors (Lipinski definition) is 4. The molecule has 29 heavy (non-hydrogen) atoms. The van der Waals surface area contributed by atoms with Crippen molar-refractivity contribution in [1.29, 1.82) is 0 Å². The summed E-state index contributed by atoms with van der Waals surface area (Å²) >= 11 is 0. The SMILES string of the molecule is COc1ccc(N(C)S(=O)(=O)c2cccc(C(=O)N3CC(C)CC(C)C3)c2)cc1. The van der Waals surface area contributed by atoms with E-state index in [4.69, 9.17) is 4.74 Å². The number of nitrogens with zero attached hydrogens (tertiary/aromatic N) is 2. The minimum atomic E-state index is -3.80. The Labute approximate surface area is 173 Å². The number of carbonyl (C=O) groups is 1. The van der Waals surface area contributed by atoms with E-state index in [2.05, 4.69) is 13.8 Å². The molecule has 1 aliphatic heterocycles. The number of carbonyl (C=O) groups excluding carboxylic acids is 1. The lowest BCUT2D eigenvalue weighted by molar-refractivity contribution is 0.0623. The average molecular weight is 417 g/mol. The average Bonchev–Trinajstić information content (AvgIpc) is 2.72. The lowest BCUT2D eigenvalue weighted by Crippen LogP contribution is -2.42. The van der Waals surface area contributed by atoms with E-state index >= 15 is 0 Å². The van der Waals surface area contributed by atoms with Crippen molar-refractivity contribution in [3.05, 3.63) is 54.1 Å². The van der Waals surface area contributed by atoms with Gasteiger partial charge in [-0.05, 0) is 60.7 Å². The summed E-state index contributed by atoms with van der Waals surface area (Å²) in [5.74, 6) is 1.41. The van der Waals surface area contributed by atoms with Gasteiger partial charge in [-0.1, -0.05) is 19.9 Å². The summed E-state index contributed by atoms with van der Waals surface area (Å²) in [4.78, 5) is 14.9. The van der Waals surface area contributed by atoms with Crippen molar-refractivity contribution in [3.63, 3.8) is 0 Å². The van der Waals surface area contributed by atoms with Crippen LogP contribution in [0.5, 0.6) is 5.75 Å². The van der Waals surface area contributed by atoms with Crippen LogP contribution in [0, 0.1) is 11.8 Å². The summed E-state index contributed by atoms with van der Waals surface area (Å²) in [5.41, 5.74) is 0.914. The zero-order valence-corrected chi connectivity index (χ0v) is 18.1. The summed E-state index contributed by atoms with van der Waals surface area (Å²) in [6, 6.07) is 13.1. The molecule has 0 bridgehead atoms. The number of anilines is 1. The molecule has 0 aliphatic carbocycles. The van der Waals surface area contributed by atoms with Crippen molar-refractivity contribution >= 4 is 21.6 Å². The third-order valence-corrected chi connectivity index (χ3v) is 7.11. The minimum absolute atomic E-state index is 0.0970. The van der Waals surface area contributed by atoms with Gasteiger partial charge in [-0.15, -0.1) is 0 Å². The topological polar surface area (TPSA) is 66.9 Å². The molecule has 2 unspecified atom stereocenters. The maximum atomic E-state index is 13.1. The molecule has 6 nitrogen and oxygen atoms in total. The molecule has 1 aliphatic rings. The second kappa shape index (κ2) is 8.45. The predicted octanol–water partition coefficient (Wildman–Crippen LogP) is 3.64. The second-order valence-corrected chi connectivity index (χ2v) is 9.82. The Morgan fingerprint density at radius 3 is 2.28 bits per heavy atom. The Hall–Kier alpha value is -2.54. The number of ether oxygens (including phenoxy) is 1. The summed E-state index contributed by atoms with van der Waals surface area (Å²) in [6.07, 6.45) is 1.10. The number of hydrogen-bond donors (Lipinski definition) is 0. The molecule has 156 valence electrons. The van der Waals surface area contributed by atoms with Crippen LogP contribution in [0.15, 0.2) is 53.4 Å². The first kappa shape index (κ1) is 21.2. The first-order valence-corrected chi connectivity index (χ1v) is 11.2. The Balaban J connectivity index is 1.86. The standard InChI is InChI=1S/C22H28N2O4S/c1-16-12-17(2)15-24(14-16)22(25)18-6-5-7-21(13-18)29(26,27)23(3)19-8-10-20(28-4)11-9-19/h5-11,13,16-17H,12,14-15H2,1-4H3. The maximum absolute atomic E-state index is 13.1. The highest BCUT2D eigenvalue weighted by atomic mass is 32.2. The quantitative estimate of drug-likeness (QED) is 0.746. The van der Waals surface area contributed by atoms with Gasteiger partial charge in [-0.2, -0.15) is 0 Å². The van der Waals surface area contributed by atoms with Crippen molar-refractivity contribution in [2.24, 2.45) is 11.8 Å². The van der Waals surface area contributed by atoms with E-state index in [1.807, 2.05) is 4.90 Å². The molecular formula is C22H28N2O4S. The molecule has 3 rings (SSSR count). The van der Waals surface area contributed by atoms with Gasteiger partial charge in [0.1, 0.15) is 5.75 Å². The molecule has 0 saturated carbocycles. The molecule has 7 heteroatoms. The molecule has 1 saturated heterocycles. The van der Waals surface area contributed by atoms with Crippen LogP contribution in [0.3, 0.4) is 0 Å². The fourth-order valence-electron chi connectivity index (χ4n) is 3.89. The monoisotopic (exact) mass is 416 g/mol. The maximum Gasteiger partial charge on any atom is 0.264 e. The highest BCUT2D eigenvalue weighted by Crippen LogP contribution is 2.26. The van der Waals surface area contributed by atoms with Crippen LogP contribution in [0.2, 0.25) is 0 Å². The third kappa shape index (κ3) is 4.56. The number of methoxy groups -OCH3 is 1. The van der Waals surface area contributed by atoms with Crippen LogP contribution in [0.25, 0.3) is 0 Å². The van der Waals surface area contributed by atoms with Gasteiger partial charge >= 0.3 is 0 Å². The summed E-state index contributed by atoms with van der Waals surface area (Å²) < 4.78 is 32.6. The van der Waals surface area contributed by atoms with E-state index in [1.165, 1.54) is 23.5 Å². The van der Waals surface area contributed by atoms with Crippen molar-refractivity contribution in [1.82, 2.24) is 4.90 Å². The molecule has 2 aromatic rings. The van der Waals surface area contributed by atoms with Crippen LogP contribution in [0.1, 0.15) is 30.6 Å². The highest BCUT2D eigenvalue weighted by Gasteiger charge is 2.28. The van der Waals surface area contributed by atoms with Gasteiger partial charge < -0.3 is 9.64 Å². The zero-order chi connectivity index (χ0) is 21.2. The Bertz CT molecular complexity index is 963. The molecule has 0 spiro atoms. The summed E-state index contributed by atoms with van der Waals surface area (Å²) in [6.45, 7) is 5.68. The summed E-state index contributed by atoms with van der Waals surface area (Å²) in [5, 5.41) is 0. The van der Waals surface area contributed by atoms with Gasteiger partial charge in [0.05, 0.1) is 17.7 Å². The van der Waals surface area contributed by atoms with Gasteiger partial charge in [-0.25, -0.2) is 8.42 Å². The molecule has 1 amide bonds. The number of benzene rings is 2. The molecular weight excluding hydrogens is 388 g/mol. The minimum Gasteiger partial charge on any atom is -0.497 e. The predicted molar refractivity (Wildman–Crippen MR) is 114 cm³/mol. The number of piperidine rings is 1. The fourth-order valence-corrected chi connectivity index (χ4v) is 5.13. The number of sulfonamides is 1. The molecule has 1 heterocycles. The molecule has 0 radical (unpaired) electrons. The van der Waals surface area contributed by atoms with Crippen molar-refractivity contribution in [2.75, 3.05) is 31.6 Å². The molecule has 2 aromatic carbocycles. The van der Waals surface area contributed by atoms with E-state index in [-0.39, 0.29) is 10.8 Å². The van der Waals surface area contributed by atoms with Gasteiger partial charge in [0.2, 0.25) is 0 Å². The lowest BCUT2D eigenvalue weighted by Gasteiger charge is -2.35. The smallest absolute Gasteiger partial charge is 0.264 e. The van der Waals surface area contributed by atoms with Gasteiger partial charge in [0, 0.05) is 25.7 Å². The van der Waals surface area contributed by atoms with Gasteiger partial charge in [0.25, 0.3) is 15.9 Å². The first-order valence-electron chi connectivity index (χ1n) is 9.74. The van der Waals surface area contributed by atoms with Crippen LogP contribution >= 0.6 is 0 Å².